The standard InChI is InChI=1S/C34H39N3O8/c1-5-37(20-10-16-8-6-7-9-17(16)11-20)15-19-14-23(38)25-21(30(19)45-4)12-18-13-22-27(36(2)3)29(40)26(33(35)43)32(42)34(22,44)31(41)24(18)28(25)39/h6-9,14,18,20,22,24,26-27,38,44H,5,10-13,15H2,1-4H3,(H2,35,43)/t18-,22-,24?,26?,27-,34-/m0/s1. The Kier molecular flexibility index (Phi) is 7.70. The molecule has 11 heteroatoms. The third-order valence-corrected chi connectivity index (χ3v) is 10.6. The minimum absolute atomic E-state index is 0.0144. The van der Waals surface area contributed by atoms with Crippen LogP contribution in [-0.2, 0) is 45.0 Å². The Balaban J connectivity index is 1.37. The van der Waals surface area contributed by atoms with Gasteiger partial charge in [-0.15, -0.1) is 0 Å². The minimum Gasteiger partial charge on any atom is -0.507 e. The molecular weight excluding hydrogens is 578 g/mol. The number of ketones is 4. The van der Waals surface area contributed by atoms with Crippen LogP contribution in [0.25, 0.3) is 0 Å². The van der Waals surface area contributed by atoms with Gasteiger partial charge in [-0.05, 0) is 69.4 Å². The van der Waals surface area contributed by atoms with Crippen LogP contribution in [0.15, 0.2) is 30.3 Å². The van der Waals surface area contributed by atoms with Crippen molar-refractivity contribution in [2.24, 2.45) is 29.4 Å². The van der Waals surface area contributed by atoms with Gasteiger partial charge in [0.05, 0.1) is 24.6 Å². The summed E-state index contributed by atoms with van der Waals surface area (Å²) in [6.07, 6.45) is 1.94. The van der Waals surface area contributed by atoms with E-state index in [0.717, 1.165) is 19.4 Å². The van der Waals surface area contributed by atoms with Crippen molar-refractivity contribution in [3.05, 3.63) is 58.1 Å². The molecule has 1 amide bonds. The number of primary amides is 1. The van der Waals surface area contributed by atoms with Gasteiger partial charge in [0, 0.05) is 29.6 Å². The van der Waals surface area contributed by atoms with E-state index < -0.39 is 64.4 Å². The Bertz CT molecular complexity index is 1610. The van der Waals surface area contributed by atoms with Crippen LogP contribution in [0.3, 0.4) is 0 Å². The van der Waals surface area contributed by atoms with E-state index in [1.54, 1.807) is 14.1 Å². The summed E-state index contributed by atoms with van der Waals surface area (Å²) in [5, 5.41) is 23.0. The SMILES string of the molecule is CCN(Cc1cc(O)c2c(c1OC)C[C@H]1C[C@H]3[C@H](N(C)C)C(=O)C(C(N)=O)C(=O)[C@@]3(O)C(=O)C1C2=O)C1Cc2ccccc2C1. The number of hydrogen-bond donors (Lipinski definition) is 3. The average Bonchev–Trinajstić information content (AvgIpc) is 3.41. The Morgan fingerprint density at radius 3 is 2.27 bits per heavy atom. The Morgan fingerprint density at radius 2 is 1.71 bits per heavy atom. The number of carbonyl (C=O) groups excluding carboxylic acids is 5. The number of methoxy groups -OCH3 is 1. The van der Waals surface area contributed by atoms with Gasteiger partial charge in [0.25, 0.3) is 0 Å². The molecule has 6 atom stereocenters. The van der Waals surface area contributed by atoms with Gasteiger partial charge >= 0.3 is 0 Å². The molecule has 45 heavy (non-hydrogen) atoms. The van der Waals surface area contributed by atoms with Crippen LogP contribution in [0, 0.1) is 23.7 Å². The predicted molar refractivity (Wildman–Crippen MR) is 162 cm³/mol. The van der Waals surface area contributed by atoms with Gasteiger partial charge in [-0.25, -0.2) is 0 Å². The van der Waals surface area contributed by atoms with Gasteiger partial charge in [0.15, 0.2) is 34.7 Å². The molecule has 2 aromatic carbocycles. The summed E-state index contributed by atoms with van der Waals surface area (Å²) < 4.78 is 5.89. The molecule has 11 nitrogen and oxygen atoms in total. The monoisotopic (exact) mass is 617 g/mol. The van der Waals surface area contributed by atoms with Gasteiger partial charge in [-0.3, -0.25) is 33.8 Å². The van der Waals surface area contributed by atoms with E-state index in [1.807, 2.05) is 12.1 Å². The van der Waals surface area contributed by atoms with Crippen LogP contribution in [0.5, 0.6) is 11.5 Å². The number of Topliss-reactive ketones (excluding diaryl/α,β-unsaturated/α-hetero) is 4. The molecule has 2 saturated carbocycles. The number of likely N-dealkylation sites (N-methyl/N-ethyl adjacent to an activating group) is 2. The normalized spacial score (nSPS) is 29.4. The van der Waals surface area contributed by atoms with E-state index in [2.05, 4.69) is 24.0 Å². The molecule has 0 heterocycles. The number of phenols is 1. The first-order valence-electron chi connectivity index (χ1n) is 15.4. The van der Waals surface area contributed by atoms with Gasteiger partial charge in [-0.2, -0.15) is 0 Å². The van der Waals surface area contributed by atoms with Crippen molar-refractivity contribution in [1.29, 1.82) is 0 Å². The second kappa shape index (κ2) is 11.1. The van der Waals surface area contributed by atoms with Crippen LogP contribution < -0.4 is 10.5 Å². The quantitative estimate of drug-likeness (QED) is 0.379. The van der Waals surface area contributed by atoms with Crippen molar-refractivity contribution in [3.63, 3.8) is 0 Å². The van der Waals surface area contributed by atoms with E-state index in [4.69, 9.17) is 10.5 Å². The lowest BCUT2D eigenvalue weighted by atomic mass is 9.52. The first-order chi connectivity index (χ1) is 21.3. The van der Waals surface area contributed by atoms with E-state index in [9.17, 15) is 34.2 Å². The van der Waals surface area contributed by atoms with E-state index >= 15 is 0 Å². The molecule has 0 aliphatic heterocycles. The third-order valence-electron chi connectivity index (χ3n) is 10.6. The maximum atomic E-state index is 14.1. The number of phenolic OH excluding ortho intramolecular Hbond substituents is 1. The fourth-order valence-electron chi connectivity index (χ4n) is 8.60. The van der Waals surface area contributed by atoms with E-state index in [1.165, 1.54) is 29.2 Å². The first kappa shape index (κ1) is 31.1. The zero-order valence-electron chi connectivity index (χ0n) is 25.9. The summed E-state index contributed by atoms with van der Waals surface area (Å²) in [6.45, 7) is 3.29. The molecule has 0 aromatic heterocycles. The van der Waals surface area contributed by atoms with Gasteiger partial charge in [0.1, 0.15) is 11.5 Å². The highest BCUT2D eigenvalue weighted by atomic mass is 16.5. The van der Waals surface area contributed by atoms with Crippen molar-refractivity contribution >= 4 is 29.0 Å². The Labute approximate surface area is 261 Å². The van der Waals surface area contributed by atoms with Crippen LogP contribution in [-0.4, -0.2) is 94.5 Å². The number of aliphatic hydroxyl groups is 1. The topological polar surface area (TPSA) is 168 Å². The van der Waals surface area contributed by atoms with Gasteiger partial charge < -0.3 is 20.7 Å². The molecule has 4 aliphatic rings. The average molecular weight is 618 g/mol. The number of nitrogens with zero attached hydrogens (tertiary/aromatic N) is 2. The van der Waals surface area contributed by atoms with Crippen molar-refractivity contribution in [2.75, 3.05) is 27.7 Å². The molecule has 0 saturated heterocycles. The molecule has 4 aliphatic carbocycles. The summed E-state index contributed by atoms with van der Waals surface area (Å²) in [6, 6.07) is 8.97. The Hall–Kier alpha value is -3.93. The number of benzene rings is 2. The van der Waals surface area contributed by atoms with Gasteiger partial charge in [-0.1, -0.05) is 31.2 Å². The first-order valence-corrected chi connectivity index (χ1v) is 15.4. The van der Waals surface area contributed by atoms with Crippen LogP contribution in [0.2, 0.25) is 0 Å². The number of nitrogens with two attached hydrogens (primary N) is 1. The number of rotatable bonds is 7. The third kappa shape index (κ3) is 4.54. The predicted octanol–water partition coefficient (Wildman–Crippen LogP) is 0.865. The molecule has 6 rings (SSSR count). The number of carbonyl (C=O) groups is 5. The molecule has 0 spiro atoms. The van der Waals surface area contributed by atoms with Crippen molar-refractivity contribution in [3.8, 4) is 11.5 Å². The lowest BCUT2D eigenvalue weighted by Crippen LogP contribution is -2.74. The van der Waals surface area contributed by atoms with Gasteiger partial charge in [0.2, 0.25) is 5.91 Å². The number of amides is 1. The van der Waals surface area contributed by atoms with E-state index in [0.29, 0.717) is 23.4 Å². The Morgan fingerprint density at radius 1 is 1.07 bits per heavy atom. The highest BCUT2D eigenvalue weighted by Crippen LogP contribution is 2.52. The van der Waals surface area contributed by atoms with Crippen molar-refractivity contribution in [1.82, 2.24) is 9.80 Å². The van der Waals surface area contributed by atoms with Crippen molar-refractivity contribution < 1.29 is 38.9 Å². The fourth-order valence-corrected chi connectivity index (χ4v) is 8.60. The van der Waals surface area contributed by atoms with Crippen LogP contribution >= 0.6 is 0 Å². The summed E-state index contributed by atoms with van der Waals surface area (Å²) in [7, 11) is 4.62. The summed E-state index contributed by atoms with van der Waals surface area (Å²) >= 11 is 0. The molecule has 2 unspecified atom stereocenters. The number of hydrogen-bond acceptors (Lipinski definition) is 10. The maximum Gasteiger partial charge on any atom is 0.235 e. The lowest BCUT2D eigenvalue weighted by molar-refractivity contribution is -0.181. The van der Waals surface area contributed by atoms with Crippen LogP contribution in [0.1, 0.15) is 46.0 Å². The second-order valence-corrected chi connectivity index (χ2v) is 13.1. The molecule has 0 radical (unpaired) electrons. The van der Waals surface area contributed by atoms with Crippen molar-refractivity contribution in [2.45, 2.75) is 56.8 Å². The molecule has 4 N–H and O–H groups in total. The van der Waals surface area contributed by atoms with Crippen LogP contribution in [0.4, 0.5) is 0 Å². The smallest absolute Gasteiger partial charge is 0.235 e. The molecule has 2 fully saturated rings. The highest BCUT2D eigenvalue weighted by molar-refractivity contribution is 6.32. The highest BCUT2D eigenvalue weighted by Gasteiger charge is 2.69. The molecule has 238 valence electrons. The molecular formula is C34H39N3O8. The fraction of sp³-hybridized carbons (Fsp3) is 0.500. The largest absolute Gasteiger partial charge is 0.507 e. The summed E-state index contributed by atoms with van der Waals surface area (Å²) in [5.41, 5.74) is 6.37. The zero-order chi connectivity index (χ0) is 32.5. The zero-order valence-corrected chi connectivity index (χ0v) is 25.9. The lowest BCUT2D eigenvalue weighted by Gasteiger charge is -2.52. The second-order valence-electron chi connectivity index (χ2n) is 13.1. The molecule has 2 aromatic rings. The number of aromatic hydroxyl groups is 1. The minimum atomic E-state index is -2.75. The number of fused-ring (bicyclic) bond motifs is 4. The summed E-state index contributed by atoms with van der Waals surface area (Å²) in [5.74, 6) is -10.3. The number of ether oxygens (including phenoxy) is 1. The van der Waals surface area contributed by atoms with E-state index in [-0.39, 0.29) is 30.2 Å². The maximum absolute atomic E-state index is 14.1. The summed E-state index contributed by atoms with van der Waals surface area (Å²) in [4.78, 5) is 70.9. The molecule has 0 bridgehead atoms.